The predicted octanol–water partition coefficient (Wildman–Crippen LogP) is 3.89. The molecule has 128 valence electrons. The van der Waals surface area contributed by atoms with Crippen LogP contribution in [-0.2, 0) is 17.9 Å². The topological polar surface area (TPSA) is 51.9 Å². The van der Waals surface area contributed by atoms with Gasteiger partial charge in [-0.2, -0.15) is 0 Å². The number of aryl methyl sites for hydroxylation is 1. The summed E-state index contributed by atoms with van der Waals surface area (Å²) in [4.78, 5) is 14.5. The smallest absolute Gasteiger partial charge is 0.231 e. The third kappa shape index (κ3) is 3.91. The minimum Gasteiger partial charge on any atom is -0.464 e. The van der Waals surface area contributed by atoms with Gasteiger partial charge in [0, 0.05) is 13.0 Å². The molecule has 0 atom stereocenters. The van der Waals surface area contributed by atoms with Crippen LogP contribution in [0.15, 0.2) is 34.7 Å². The predicted molar refractivity (Wildman–Crippen MR) is 89.7 cm³/mol. The second-order valence-electron chi connectivity index (χ2n) is 6.55. The van der Waals surface area contributed by atoms with Gasteiger partial charge in [0.1, 0.15) is 11.5 Å². The first-order valence-corrected chi connectivity index (χ1v) is 8.23. The van der Waals surface area contributed by atoms with Crippen LogP contribution >= 0.6 is 0 Å². The van der Waals surface area contributed by atoms with Crippen LogP contribution < -0.4 is 9.47 Å². The van der Waals surface area contributed by atoms with Gasteiger partial charge in [-0.05, 0) is 42.7 Å². The van der Waals surface area contributed by atoms with Crippen LogP contribution in [0.1, 0.15) is 37.4 Å². The molecule has 5 heteroatoms. The van der Waals surface area contributed by atoms with E-state index in [1.54, 1.807) is 0 Å². The maximum Gasteiger partial charge on any atom is 0.231 e. The lowest BCUT2D eigenvalue weighted by atomic mass is 10.1. The maximum absolute atomic E-state index is 12.6. The molecule has 2 aromatic rings. The van der Waals surface area contributed by atoms with Gasteiger partial charge < -0.3 is 18.8 Å². The lowest BCUT2D eigenvalue weighted by Gasteiger charge is -2.23. The first-order chi connectivity index (χ1) is 11.5. The number of fused-ring (bicyclic) bond motifs is 1. The van der Waals surface area contributed by atoms with Crippen molar-refractivity contribution >= 4 is 5.91 Å². The second-order valence-corrected chi connectivity index (χ2v) is 6.55. The maximum atomic E-state index is 12.6. The number of benzene rings is 1. The number of hydrogen-bond acceptors (Lipinski definition) is 4. The Kier molecular flexibility index (Phi) is 4.79. The molecule has 0 saturated carbocycles. The summed E-state index contributed by atoms with van der Waals surface area (Å²) in [5, 5.41) is 0. The number of carbonyl (C=O) groups excluding carboxylic acids is 1. The third-order valence-electron chi connectivity index (χ3n) is 3.89. The van der Waals surface area contributed by atoms with Crippen molar-refractivity contribution in [3.8, 4) is 11.5 Å². The van der Waals surface area contributed by atoms with Crippen LogP contribution in [-0.4, -0.2) is 17.6 Å². The summed E-state index contributed by atoms with van der Waals surface area (Å²) in [6.45, 7) is 7.24. The highest BCUT2D eigenvalue weighted by Gasteiger charge is 2.19. The quantitative estimate of drug-likeness (QED) is 0.807. The number of ether oxygens (including phenoxy) is 2. The van der Waals surface area contributed by atoms with Crippen molar-refractivity contribution in [2.75, 3.05) is 6.79 Å². The van der Waals surface area contributed by atoms with Gasteiger partial charge in [-0.3, -0.25) is 4.79 Å². The first-order valence-electron chi connectivity index (χ1n) is 8.23. The minimum absolute atomic E-state index is 0.122. The fourth-order valence-electron chi connectivity index (χ4n) is 2.73. The highest BCUT2D eigenvalue weighted by atomic mass is 16.7. The summed E-state index contributed by atoms with van der Waals surface area (Å²) in [6, 6.07) is 9.63. The van der Waals surface area contributed by atoms with Crippen LogP contribution in [0, 0.1) is 12.8 Å². The van der Waals surface area contributed by atoms with Crippen LogP contribution in [0.4, 0.5) is 0 Å². The number of rotatable bonds is 6. The van der Waals surface area contributed by atoms with Gasteiger partial charge in [-0.25, -0.2) is 0 Å². The Labute approximate surface area is 142 Å². The van der Waals surface area contributed by atoms with Gasteiger partial charge in [0.2, 0.25) is 12.7 Å². The van der Waals surface area contributed by atoms with Gasteiger partial charge in [-0.15, -0.1) is 0 Å². The number of amides is 1. The summed E-state index contributed by atoms with van der Waals surface area (Å²) < 4.78 is 16.4. The van der Waals surface area contributed by atoms with Crippen LogP contribution in [0.3, 0.4) is 0 Å². The molecule has 5 nitrogen and oxygen atoms in total. The Bertz CT molecular complexity index is 720. The number of carbonyl (C=O) groups is 1. The Morgan fingerprint density at radius 1 is 1.12 bits per heavy atom. The van der Waals surface area contributed by atoms with Crippen LogP contribution in [0.25, 0.3) is 0 Å². The molecular weight excluding hydrogens is 306 g/mol. The zero-order valence-electron chi connectivity index (χ0n) is 14.4. The zero-order chi connectivity index (χ0) is 17.1. The molecule has 0 N–H and O–H groups in total. The Morgan fingerprint density at radius 3 is 2.62 bits per heavy atom. The van der Waals surface area contributed by atoms with Gasteiger partial charge in [0.05, 0.1) is 6.54 Å². The van der Waals surface area contributed by atoms with Crippen molar-refractivity contribution in [3.63, 3.8) is 0 Å². The standard InChI is InChI=1S/C19H23NO4/c1-13(2)8-19(21)20(11-16-6-4-14(3)24-16)10-15-5-7-17-18(9-15)23-12-22-17/h4-7,9,13H,8,10-12H2,1-3H3. The van der Waals surface area contributed by atoms with Crippen molar-refractivity contribution < 1.29 is 18.7 Å². The molecule has 0 saturated heterocycles. The van der Waals surface area contributed by atoms with Crippen molar-refractivity contribution in [1.29, 1.82) is 0 Å². The molecule has 3 rings (SSSR count). The monoisotopic (exact) mass is 329 g/mol. The molecule has 0 fully saturated rings. The van der Waals surface area contributed by atoms with E-state index in [2.05, 4.69) is 0 Å². The van der Waals surface area contributed by atoms with E-state index < -0.39 is 0 Å². The molecule has 0 bridgehead atoms. The van der Waals surface area contributed by atoms with Crippen molar-refractivity contribution in [2.45, 2.75) is 40.3 Å². The highest BCUT2D eigenvalue weighted by molar-refractivity contribution is 5.76. The molecule has 0 unspecified atom stereocenters. The first kappa shape index (κ1) is 16.4. The van der Waals surface area contributed by atoms with Crippen molar-refractivity contribution in [2.24, 2.45) is 5.92 Å². The van der Waals surface area contributed by atoms with Crippen molar-refractivity contribution in [1.82, 2.24) is 4.90 Å². The van der Waals surface area contributed by atoms with E-state index in [1.807, 2.05) is 56.0 Å². The minimum atomic E-state index is 0.122. The highest BCUT2D eigenvalue weighted by Crippen LogP contribution is 2.33. The van der Waals surface area contributed by atoms with Gasteiger partial charge in [0.15, 0.2) is 11.5 Å². The van der Waals surface area contributed by atoms with E-state index in [4.69, 9.17) is 13.9 Å². The molecule has 1 aliphatic heterocycles. The van der Waals surface area contributed by atoms with Crippen LogP contribution in [0.5, 0.6) is 11.5 Å². The Hall–Kier alpha value is -2.43. The normalized spacial score (nSPS) is 12.7. The second kappa shape index (κ2) is 6.99. The van der Waals surface area contributed by atoms with E-state index in [0.29, 0.717) is 25.4 Å². The summed E-state index contributed by atoms with van der Waals surface area (Å²) >= 11 is 0. The lowest BCUT2D eigenvalue weighted by molar-refractivity contribution is -0.133. The fraction of sp³-hybridized carbons (Fsp3) is 0.421. The summed E-state index contributed by atoms with van der Waals surface area (Å²) in [7, 11) is 0. The molecule has 0 aliphatic carbocycles. The van der Waals surface area contributed by atoms with E-state index in [1.165, 1.54) is 0 Å². The summed E-state index contributed by atoms with van der Waals surface area (Å²) in [5.74, 6) is 3.57. The van der Waals surface area contributed by atoms with Gasteiger partial charge in [-0.1, -0.05) is 19.9 Å². The number of nitrogens with zero attached hydrogens (tertiary/aromatic N) is 1. The largest absolute Gasteiger partial charge is 0.464 e. The summed E-state index contributed by atoms with van der Waals surface area (Å²) in [5.41, 5.74) is 1.01. The Balaban J connectivity index is 1.77. The molecule has 1 amide bonds. The van der Waals surface area contributed by atoms with Crippen molar-refractivity contribution in [3.05, 3.63) is 47.4 Å². The summed E-state index contributed by atoms with van der Waals surface area (Å²) in [6.07, 6.45) is 0.518. The van der Waals surface area contributed by atoms with E-state index in [-0.39, 0.29) is 12.7 Å². The molecule has 0 radical (unpaired) electrons. The number of furan rings is 1. The zero-order valence-corrected chi connectivity index (χ0v) is 14.4. The molecular formula is C19H23NO4. The average Bonchev–Trinajstić information content (AvgIpc) is 3.14. The molecule has 0 spiro atoms. The van der Waals surface area contributed by atoms with Crippen LogP contribution in [0.2, 0.25) is 0 Å². The van der Waals surface area contributed by atoms with Gasteiger partial charge >= 0.3 is 0 Å². The third-order valence-corrected chi connectivity index (χ3v) is 3.89. The fourth-order valence-corrected chi connectivity index (χ4v) is 2.73. The molecule has 1 aliphatic rings. The Morgan fingerprint density at radius 2 is 1.92 bits per heavy atom. The van der Waals surface area contributed by atoms with E-state index in [9.17, 15) is 4.79 Å². The van der Waals surface area contributed by atoms with E-state index in [0.717, 1.165) is 28.6 Å². The molecule has 1 aromatic carbocycles. The van der Waals surface area contributed by atoms with E-state index >= 15 is 0 Å². The lowest BCUT2D eigenvalue weighted by Crippen LogP contribution is -2.30. The van der Waals surface area contributed by atoms with Gasteiger partial charge in [0.25, 0.3) is 0 Å². The molecule has 24 heavy (non-hydrogen) atoms. The number of hydrogen-bond donors (Lipinski definition) is 0. The molecule has 1 aromatic heterocycles. The average molecular weight is 329 g/mol. The SMILES string of the molecule is Cc1ccc(CN(Cc2ccc3c(c2)OCO3)C(=O)CC(C)C)o1. The molecule has 2 heterocycles.